The van der Waals surface area contributed by atoms with E-state index < -0.39 is 0 Å². The van der Waals surface area contributed by atoms with Crippen LogP contribution in [-0.2, 0) is 6.54 Å². The number of unbranched alkanes of at least 4 members (excludes halogenated alkanes) is 1. The van der Waals surface area contributed by atoms with E-state index in [-0.39, 0.29) is 0 Å². The van der Waals surface area contributed by atoms with Crippen molar-refractivity contribution in [3.05, 3.63) is 30.9 Å². The van der Waals surface area contributed by atoms with Crippen LogP contribution in [0.25, 0.3) is 11.3 Å². The van der Waals surface area contributed by atoms with Gasteiger partial charge in [-0.05, 0) is 24.5 Å². The molecule has 4 heteroatoms. The minimum Gasteiger partial charge on any atom is -0.384 e. The standard InChI is InChI=1S/C15H22N4/c1-12(2)5-3-4-8-19-11-17-10-14(19)13-6-7-15(16)18-9-13/h6-7,9-12H,3-5,8H2,1-2H3,(H2,16,18). The predicted octanol–water partition coefficient (Wildman–Crippen LogP) is 3.35. The average molecular weight is 258 g/mol. The van der Waals surface area contributed by atoms with Crippen molar-refractivity contribution in [1.29, 1.82) is 0 Å². The van der Waals surface area contributed by atoms with E-state index in [1.165, 1.54) is 19.3 Å². The summed E-state index contributed by atoms with van der Waals surface area (Å²) < 4.78 is 2.19. The van der Waals surface area contributed by atoms with Gasteiger partial charge in [-0.15, -0.1) is 0 Å². The van der Waals surface area contributed by atoms with Crippen LogP contribution in [0.3, 0.4) is 0 Å². The van der Waals surface area contributed by atoms with Gasteiger partial charge in [-0.1, -0.05) is 26.7 Å². The lowest BCUT2D eigenvalue weighted by atomic mass is 10.1. The van der Waals surface area contributed by atoms with Crippen LogP contribution < -0.4 is 5.73 Å². The van der Waals surface area contributed by atoms with Crippen molar-refractivity contribution in [2.24, 2.45) is 5.92 Å². The van der Waals surface area contributed by atoms with Crippen LogP contribution in [0.2, 0.25) is 0 Å². The summed E-state index contributed by atoms with van der Waals surface area (Å²) in [5, 5.41) is 0. The second-order valence-electron chi connectivity index (χ2n) is 5.33. The van der Waals surface area contributed by atoms with Crippen LogP contribution in [-0.4, -0.2) is 14.5 Å². The average Bonchev–Trinajstić information content (AvgIpc) is 2.84. The molecule has 4 nitrogen and oxygen atoms in total. The lowest BCUT2D eigenvalue weighted by Crippen LogP contribution is -2.00. The van der Waals surface area contributed by atoms with Crippen LogP contribution in [0.1, 0.15) is 33.1 Å². The summed E-state index contributed by atoms with van der Waals surface area (Å²) in [4.78, 5) is 8.37. The minimum absolute atomic E-state index is 0.548. The molecule has 0 aliphatic carbocycles. The highest BCUT2D eigenvalue weighted by Crippen LogP contribution is 2.19. The molecule has 0 aromatic carbocycles. The Balaban J connectivity index is 1.99. The number of rotatable bonds is 6. The molecular formula is C15H22N4. The Bertz CT molecular complexity index is 499. The maximum Gasteiger partial charge on any atom is 0.123 e. The summed E-state index contributed by atoms with van der Waals surface area (Å²) in [6.45, 7) is 5.54. The van der Waals surface area contributed by atoms with Gasteiger partial charge < -0.3 is 10.3 Å². The highest BCUT2D eigenvalue weighted by Gasteiger charge is 2.05. The third kappa shape index (κ3) is 3.81. The van der Waals surface area contributed by atoms with Crippen LogP contribution in [0, 0.1) is 5.92 Å². The smallest absolute Gasteiger partial charge is 0.123 e. The normalized spacial score (nSPS) is 11.1. The molecule has 0 aliphatic heterocycles. The molecule has 0 aliphatic rings. The number of anilines is 1. The maximum atomic E-state index is 5.61. The number of pyridine rings is 1. The third-order valence-electron chi connectivity index (χ3n) is 3.22. The summed E-state index contributed by atoms with van der Waals surface area (Å²) in [6, 6.07) is 3.81. The molecule has 0 fully saturated rings. The molecule has 19 heavy (non-hydrogen) atoms. The second kappa shape index (κ2) is 6.36. The Morgan fingerprint density at radius 1 is 1.21 bits per heavy atom. The molecule has 2 aromatic heterocycles. The fourth-order valence-electron chi connectivity index (χ4n) is 2.13. The molecule has 0 saturated carbocycles. The van der Waals surface area contributed by atoms with E-state index in [9.17, 15) is 0 Å². The Morgan fingerprint density at radius 3 is 2.74 bits per heavy atom. The van der Waals surface area contributed by atoms with Crippen LogP contribution in [0.15, 0.2) is 30.9 Å². The molecule has 2 rings (SSSR count). The van der Waals surface area contributed by atoms with Crippen molar-refractivity contribution in [1.82, 2.24) is 14.5 Å². The topological polar surface area (TPSA) is 56.7 Å². The molecule has 2 aromatic rings. The van der Waals surface area contributed by atoms with Crippen molar-refractivity contribution < 1.29 is 0 Å². The first-order valence-electron chi connectivity index (χ1n) is 6.89. The zero-order chi connectivity index (χ0) is 13.7. The lowest BCUT2D eigenvalue weighted by molar-refractivity contribution is 0.510. The number of hydrogen-bond acceptors (Lipinski definition) is 3. The lowest BCUT2D eigenvalue weighted by Gasteiger charge is -2.09. The van der Waals surface area contributed by atoms with E-state index >= 15 is 0 Å². The molecule has 2 heterocycles. The predicted molar refractivity (Wildman–Crippen MR) is 78.6 cm³/mol. The maximum absolute atomic E-state index is 5.61. The first kappa shape index (κ1) is 13.6. The Kier molecular flexibility index (Phi) is 4.55. The van der Waals surface area contributed by atoms with Crippen molar-refractivity contribution >= 4 is 5.82 Å². The zero-order valence-corrected chi connectivity index (χ0v) is 11.7. The molecule has 0 bridgehead atoms. The number of nitrogen functional groups attached to an aromatic ring is 1. The quantitative estimate of drug-likeness (QED) is 0.808. The van der Waals surface area contributed by atoms with Crippen molar-refractivity contribution in [3.8, 4) is 11.3 Å². The van der Waals surface area contributed by atoms with Gasteiger partial charge in [-0.25, -0.2) is 9.97 Å². The molecule has 0 atom stereocenters. The van der Waals surface area contributed by atoms with Gasteiger partial charge >= 0.3 is 0 Å². The van der Waals surface area contributed by atoms with E-state index in [1.807, 2.05) is 24.7 Å². The number of aryl methyl sites for hydroxylation is 1. The highest BCUT2D eigenvalue weighted by atomic mass is 15.0. The summed E-state index contributed by atoms with van der Waals surface area (Å²) in [5.41, 5.74) is 7.78. The fourth-order valence-corrected chi connectivity index (χ4v) is 2.13. The van der Waals surface area contributed by atoms with Gasteiger partial charge in [0.05, 0.1) is 18.2 Å². The summed E-state index contributed by atoms with van der Waals surface area (Å²) in [7, 11) is 0. The Morgan fingerprint density at radius 2 is 2.05 bits per heavy atom. The third-order valence-corrected chi connectivity index (χ3v) is 3.22. The van der Waals surface area contributed by atoms with Gasteiger partial charge in [0.1, 0.15) is 5.82 Å². The fraction of sp³-hybridized carbons (Fsp3) is 0.467. The van der Waals surface area contributed by atoms with Crippen molar-refractivity contribution in [2.75, 3.05) is 5.73 Å². The summed E-state index contributed by atoms with van der Waals surface area (Å²) in [6.07, 6.45) is 9.31. The molecule has 0 radical (unpaired) electrons. The van der Waals surface area contributed by atoms with Gasteiger partial charge in [0.2, 0.25) is 0 Å². The largest absolute Gasteiger partial charge is 0.384 e. The van der Waals surface area contributed by atoms with Gasteiger partial charge in [-0.3, -0.25) is 0 Å². The van der Waals surface area contributed by atoms with Crippen LogP contribution in [0.5, 0.6) is 0 Å². The highest BCUT2D eigenvalue weighted by molar-refractivity contribution is 5.59. The second-order valence-corrected chi connectivity index (χ2v) is 5.33. The zero-order valence-electron chi connectivity index (χ0n) is 11.7. The van der Waals surface area contributed by atoms with Crippen molar-refractivity contribution in [2.45, 2.75) is 39.7 Å². The first-order valence-corrected chi connectivity index (χ1v) is 6.89. The Labute approximate surface area is 114 Å². The van der Waals surface area contributed by atoms with E-state index in [1.54, 1.807) is 6.20 Å². The molecule has 2 N–H and O–H groups in total. The van der Waals surface area contributed by atoms with Crippen molar-refractivity contribution in [3.63, 3.8) is 0 Å². The molecule has 102 valence electrons. The van der Waals surface area contributed by atoms with E-state index in [0.29, 0.717) is 5.82 Å². The van der Waals surface area contributed by atoms with Gasteiger partial charge in [0, 0.05) is 18.3 Å². The number of aromatic nitrogens is 3. The SMILES string of the molecule is CC(C)CCCCn1cncc1-c1ccc(N)nc1. The Hall–Kier alpha value is -1.84. The number of nitrogens with zero attached hydrogens (tertiary/aromatic N) is 3. The van der Waals surface area contributed by atoms with E-state index in [4.69, 9.17) is 5.73 Å². The molecule has 0 saturated heterocycles. The molecule has 0 unspecified atom stereocenters. The van der Waals surface area contributed by atoms with Gasteiger partial charge in [0.25, 0.3) is 0 Å². The minimum atomic E-state index is 0.548. The number of hydrogen-bond donors (Lipinski definition) is 1. The summed E-state index contributed by atoms with van der Waals surface area (Å²) in [5.74, 6) is 1.33. The molecule has 0 spiro atoms. The van der Waals surface area contributed by atoms with Gasteiger partial charge in [0.15, 0.2) is 0 Å². The summed E-state index contributed by atoms with van der Waals surface area (Å²) >= 11 is 0. The van der Waals surface area contributed by atoms with Crippen LogP contribution in [0.4, 0.5) is 5.82 Å². The monoisotopic (exact) mass is 258 g/mol. The van der Waals surface area contributed by atoms with E-state index in [0.717, 1.165) is 23.7 Å². The molecular weight excluding hydrogens is 236 g/mol. The molecule has 0 amide bonds. The number of imidazole rings is 1. The van der Waals surface area contributed by atoms with Gasteiger partial charge in [-0.2, -0.15) is 0 Å². The van der Waals surface area contributed by atoms with Crippen LogP contribution >= 0.6 is 0 Å². The first-order chi connectivity index (χ1) is 9.16. The number of nitrogens with two attached hydrogens (primary N) is 1. The van der Waals surface area contributed by atoms with E-state index in [2.05, 4.69) is 28.4 Å².